The molecule has 3 heterocycles. The Morgan fingerprint density at radius 2 is 1.88 bits per heavy atom. The summed E-state index contributed by atoms with van der Waals surface area (Å²) in [7, 11) is -1.31. The molecule has 1 aromatic carbocycles. The third-order valence-corrected chi connectivity index (χ3v) is 8.47. The Hall–Kier alpha value is -1.38. The van der Waals surface area contributed by atoms with Crippen LogP contribution in [0.5, 0.6) is 0 Å². The number of alkyl halides is 1. The maximum Gasteiger partial charge on any atom is 0.333 e. The molecule has 0 spiro atoms. The molecular weight excluding hydrogens is 574 g/mol. The standard InChI is InChI=1S/C23H30FIN2O6Si/c1-34(2,3)10-9-30-14-27-21(28)16(25)11-26(23(27)29)17-12-31-18-13-32-22(33-20(18)19(17)24)15-7-5-4-6-8-15/h4-8,11,17-20,22H,9-10,12-14H2,1-3H3/t17-,18-,19+,20-,22?/m1/s1. The van der Waals surface area contributed by atoms with E-state index in [1.54, 1.807) is 0 Å². The van der Waals surface area contributed by atoms with E-state index in [1.807, 2.05) is 52.9 Å². The van der Waals surface area contributed by atoms with Gasteiger partial charge in [0.25, 0.3) is 5.56 Å². The van der Waals surface area contributed by atoms with Gasteiger partial charge in [0, 0.05) is 26.4 Å². The van der Waals surface area contributed by atoms with Crippen LogP contribution in [-0.4, -0.2) is 55.4 Å². The van der Waals surface area contributed by atoms with E-state index < -0.39 is 50.0 Å². The van der Waals surface area contributed by atoms with Gasteiger partial charge >= 0.3 is 5.69 Å². The topological polar surface area (TPSA) is 80.9 Å². The highest BCUT2D eigenvalue weighted by Crippen LogP contribution is 2.36. The van der Waals surface area contributed by atoms with Gasteiger partial charge < -0.3 is 18.9 Å². The molecule has 2 aliphatic heterocycles. The van der Waals surface area contributed by atoms with E-state index in [0.29, 0.717) is 10.2 Å². The Bertz CT molecular complexity index is 1110. The van der Waals surface area contributed by atoms with Crippen molar-refractivity contribution < 1.29 is 23.3 Å². The van der Waals surface area contributed by atoms with Crippen LogP contribution in [0.15, 0.2) is 46.1 Å². The van der Waals surface area contributed by atoms with Crippen molar-refractivity contribution in [1.29, 1.82) is 0 Å². The molecule has 186 valence electrons. The Labute approximate surface area is 212 Å². The summed E-state index contributed by atoms with van der Waals surface area (Å²) in [6.07, 6.45) is -2.33. The zero-order chi connectivity index (χ0) is 24.5. The number of hydrogen-bond donors (Lipinski definition) is 0. The molecule has 5 atom stereocenters. The Balaban J connectivity index is 1.54. The lowest BCUT2D eigenvalue weighted by molar-refractivity contribution is -0.298. The van der Waals surface area contributed by atoms with Gasteiger partial charge in [0.1, 0.15) is 18.9 Å². The molecule has 0 saturated carbocycles. The molecular formula is C23H30FIN2O6Si. The predicted octanol–water partition coefficient (Wildman–Crippen LogP) is 3.32. The maximum atomic E-state index is 15.8. The Morgan fingerprint density at radius 3 is 2.59 bits per heavy atom. The van der Waals surface area contributed by atoms with E-state index in [2.05, 4.69) is 19.6 Å². The molecule has 0 radical (unpaired) electrons. The fraction of sp³-hybridized carbons (Fsp3) is 0.565. The predicted molar refractivity (Wildman–Crippen MR) is 135 cm³/mol. The lowest BCUT2D eigenvalue weighted by atomic mass is 9.98. The second kappa shape index (κ2) is 10.7. The number of rotatable bonds is 7. The molecule has 1 unspecified atom stereocenters. The minimum absolute atomic E-state index is 0.0320. The van der Waals surface area contributed by atoms with E-state index in [4.69, 9.17) is 18.9 Å². The van der Waals surface area contributed by atoms with Crippen molar-refractivity contribution in [2.24, 2.45) is 0 Å². The Morgan fingerprint density at radius 1 is 1.15 bits per heavy atom. The number of benzene rings is 1. The van der Waals surface area contributed by atoms with Gasteiger partial charge in [0.2, 0.25) is 0 Å². The fourth-order valence-corrected chi connectivity index (χ4v) is 5.34. The lowest BCUT2D eigenvalue weighted by Gasteiger charge is -2.44. The molecule has 4 rings (SSSR count). The normalized spacial score (nSPS) is 27.4. The average molecular weight is 604 g/mol. The monoisotopic (exact) mass is 604 g/mol. The van der Waals surface area contributed by atoms with Crippen molar-refractivity contribution in [2.45, 2.75) is 63.1 Å². The summed E-state index contributed by atoms with van der Waals surface area (Å²) in [4.78, 5) is 25.8. The van der Waals surface area contributed by atoms with E-state index in [9.17, 15) is 9.59 Å². The van der Waals surface area contributed by atoms with Crippen LogP contribution >= 0.6 is 22.6 Å². The van der Waals surface area contributed by atoms with Crippen LogP contribution in [0.3, 0.4) is 0 Å². The first-order chi connectivity index (χ1) is 16.2. The minimum atomic E-state index is -1.53. The number of halogens is 2. The molecule has 1 aromatic heterocycles. The summed E-state index contributed by atoms with van der Waals surface area (Å²) in [5.41, 5.74) is -0.294. The summed E-state index contributed by atoms with van der Waals surface area (Å²) in [6, 6.07) is 9.27. The average Bonchev–Trinajstić information content (AvgIpc) is 2.81. The van der Waals surface area contributed by atoms with Gasteiger partial charge in [-0.05, 0) is 28.6 Å². The molecule has 2 saturated heterocycles. The highest BCUT2D eigenvalue weighted by molar-refractivity contribution is 14.1. The number of hydrogen-bond acceptors (Lipinski definition) is 6. The van der Waals surface area contributed by atoms with E-state index in [-0.39, 0.29) is 19.9 Å². The van der Waals surface area contributed by atoms with Crippen LogP contribution < -0.4 is 11.2 Å². The van der Waals surface area contributed by atoms with Crippen LogP contribution in [0, 0.1) is 3.57 Å². The highest BCUT2D eigenvalue weighted by Gasteiger charge is 2.47. The van der Waals surface area contributed by atoms with Crippen LogP contribution in [-0.2, 0) is 25.7 Å². The molecule has 2 fully saturated rings. The highest BCUT2D eigenvalue weighted by atomic mass is 127. The third kappa shape index (κ3) is 5.70. The smallest absolute Gasteiger partial charge is 0.333 e. The van der Waals surface area contributed by atoms with Gasteiger partial charge in [-0.3, -0.25) is 9.36 Å². The van der Waals surface area contributed by atoms with Crippen LogP contribution in [0.2, 0.25) is 25.7 Å². The van der Waals surface area contributed by atoms with E-state index in [1.165, 1.54) is 10.8 Å². The number of ether oxygens (including phenoxy) is 4. The van der Waals surface area contributed by atoms with Crippen molar-refractivity contribution in [3.05, 3.63) is 66.5 Å². The van der Waals surface area contributed by atoms with Crippen LogP contribution in [0.4, 0.5) is 4.39 Å². The molecule has 8 nitrogen and oxygen atoms in total. The van der Waals surface area contributed by atoms with Crippen molar-refractivity contribution in [3.8, 4) is 0 Å². The molecule has 0 amide bonds. The number of fused-ring (bicyclic) bond motifs is 1. The fourth-order valence-electron chi connectivity index (χ4n) is 3.99. The lowest BCUT2D eigenvalue weighted by Crippen LogP contribution is -2.57. The first kappa shape index (κ1) is 25.7. The minimum Gasteiger partial charge on any atom is -0.371 e. The first-order valence-electron chi connectivity index (χ1n) is 11.3. The van der Waals surface area contributed by atoms with Gasteiger partial charge in [-0.1, -0.05) is 50.0 Å². The summed E-state index contributed by atoms with van der Waals surface area (Å²) >= 11 is 1.86. The van der Waals surface area contributed by atoms with Gasteiger partial charge in [0.15, 0.2) is 12.5 Å². The molecule has 11 heteroatoms. The molecule has 0 bridgehead atoms. The summed E-state index contributed by atoms with van der Waals surface area (Å²) < 4.78 is 41.5. The van der Waals surface area contributed by atoms with E-state index in [0.717, 1.165) is 16.2 Å². The quantitative estimate of drug-likeness (QED) is 0.274. The van der Waals surface area contributed by atoms with Crippen LogP contribution in [0.1, 0.15) is 17.9 Å². The second-order valence-electron chi connectivity index (χ2n) is 9.81. The molecule has 0 N–H and O–H groups in total. The van der Waals surface area contributed by atoms with E-state index >= 15 is 4.39 Å². The van der Waals surface area contributed by atoms with Crippen molar-refractivity contribution in [1.82, 2.24) is 9.13 Å². The number of aromatic nitrogens is 2. The van der Waals surface area contributed by atoms with Crippen molar-refractivity contribution in [3.63, 3.8) is 0 Å². The van der Waals surface area contributed by atoms with Crippen molar-refractivity contribution >= 4 is 30.7 Å². The molecule has 2 aliphatic rings. The largest absolute Gasteiger partial charge is 0.371 e. The Kier molecular flexibility index (Phi) is 8.09. The summed E-state index contributed by atoms with van der Waals surface area (Å²) in [6.45, 7) is 7.11. The SMILES string of the molecule is C[Si](C)(C)CCOCn1c(=O)c(I)cn([C@@H]2CO[C@@H]3COC(c4ccccc4)O[C@H]3[C@H]2F)c1=O. The molecule has 0 aliphatic carbocycles. The first-order valence-corrected chi connectivity index (χ1v) is 16.1. The molecule has 2 aromatic rings. The van der Waals surface area contributed by atoms with Crippen molar-refractivity contribution in [2.75, 3.05) is 19.8 Å². The van der Waals surface area contributed by atoms with Gasteiger partial charge in [0.05, 0.1) is 22.8 Å². The zero-order valence-electron chi connectivity index (χ0n) is 19.5. The maximum absolute atomic E-state index is 15.8. The van der Waals surface area contributed by atoms with Gasteiger partial charge in [-0.15, -0.1) is 0 Å². The zero-order valence-corrected chi connectivity index (χ0v) is 22.6. The van der Waals surface area contributed by atoms with Gasteiger partial charge in [-0.25, -0.2) is 13.8 Å². The van der Waals surface area contributed by atoms with Gasteiger partial charge in [-0.2, -0.15) is 0 Å². The third-order valence-electron chi connectivity index (χ3n) is 6.02. The summed E-state index contributed by atoms with van der Waals surface area (Å²) in [5.74, 6) is 0. The molecule has 34 heavy (non-hydrogen) atoms. The van der Waals surface area contributed by atoms with Crippen LogP contribution in [0.25, 0.3) is 0 Å². The summed E-state index contributed by atoms with van der Waals surface area (Å²) in [5, 5.41) is 0. The second-order valence-corrected chi connectivity index (χ2v) is 16.6. The number of nitrogens with zero attached hydrogens (tertiary/aromatic N) is 2.